The lowest BCUT2D eigenvalue weighted by Crippen LogP contribution is -2.05. The highest BCUT2D eigenvalue weighted by Gasteiger charge is 2.26. The average molecular weight is 208 g/mol. The van der Waals surface area contributed by atoms with Crippen LogP contribution in [0.1, 0.15) is 22.8 Å². The third-order valence-electron chi connectivity index (χ3n) is 2.46. The number of fused-ring (bicyclic) bond motifs is 1. The molecule has 0 bridgehead atoms. The Morgan fingerprint density at radius 2 is 2.33 bits per heavy atom. The van der Waals surface area contributed by atoms with Crippen LogP contribution in [0.2, 0.25) is 0 Å². The molecule has 0 aliphatic carbocycles. The standard InChI is InChI=1S/C11H12O4/c1-6-5-8-9(15-6)4-3-7(10(8)12)11(13)14-2/h3-4,6,12H,5H2,1-2H3/t6-/m1/s1. The summed E-state index contributed by atoms with van der Waals surface area (Å²) in [4.78, 5) is 11.3. The van der Waals surface area contributed by atoms with E-state index in [1.165, 1.54) is 13.2 Å². The topological polar surface area (TPSA) is 55.8 Å². The number of benzene rings is 1. The molecule has 1 atom stereocenters. The van der Waals surface area contributed by atoms with Crippen LogP contribution in [0.4, 0.5) is 0 Å². The molecule has 0 spiro atoms. The smallest absolute Gasteiger partial charge is 0.341 e. The highest BCUT2D eigenvalue weighted by molar-refractivity contribution is 5.93. The summed E-state index contributed by atoms with van der Waals surface area (Å²) in [5.41, 5.74) is 0.874. The van der Waals surface area contributed by atoms with Crippen LogP contribution in [0.3, 0.4) is 0 Å². The Hall–Kier alpha value is -1.71. The highest BCUT2D eigenvalue weighted by atomic mass is 16.5. The van der Waals surface area contributed by atoms with Gasteiger partial charge in [-0.3, -0.25) is 0 Å². The van der Waals surface area contributed by atoms with Crippen LogP contribution < -0.4 is 4.74 Å². The average Bonchev–Trinajstić information content (AvgIpc) is 2.59. The Bertz CT molecular complexity index is 411. The molecule has 1 heterocycles. The van der Waals surface area contributed by atoms with Crippen molar-refractivity contribution in [2.45, 2.75) is 19.4 Å². The summed E-state index contributed by atoms with van der Waals surface area (Å²) in [6.07, 6.45) is 0.658. The molecule has 1 aromatic rings. The van der Waals surface area contributed by atoms with Crippen molar-refractivity contribution < 1.29 is 19.4 Å². The number of carbonyl (C=O) groups is 1. The van der Waals surface area contributed by atoms with Gasteiger partial charge in [-0.2, -0.15) is 0 Å². The predicted molar refractivity (Wildman–Crippen MR) is 53.2 cm³/mol. The summed E-state index contributed by atoms with van der Waals surface area (Å²) < 4.78 is 10.0. The Kier molecular flexibility index (Phi) is 2.26. The van der Waals surface area contributed by atoms with Crippen molar-refractivity contribution in [1.29, 1.82) is 0 Å². The minimum absolute atomic E-state index is 0.0244. The number of carbonyl (C=O) groups excluding carboxylic acids is 1. The first kappa shape index (κ1) is 9.83. The maximum Gasteiger partial charge on any atom is 0.341 e. The highest BCUT2D eigenvalue weighted by Crippen LogP contribution is 2.37. The van der Waals surface area contributed by atoms with Gasteiger partial charge in [-0.25, -0.2) is 4.79 Å². The van der Waals surface area contributed by atoms with Crippen molar-refractivity contribution in [2.75, 3.05) is 7.11 Å². The van der Waals surface area contributed by atoms with Crippen molar-refractivity contribution in [3.8, 4) is 11.5 Å². The molecule has 1 aliphatic rings. The molecule has 1 aromatic carbocycles. The largest absolute Gasteiger partial charge is 0.507 e. The molecule has 0 saturated heterocycles. The van der Waals surface area contributed by atoms with Crippen LogP contribution in [0.5, 0.6) is 11.5 Å². The van der Waals surface area contributed by atoms with Crippen molar-refractivity contribution in [1.82, 2.24) is 0 Å². The number of methoxy groups -OCH3 is 1. The number of hydrogen-bond acceptors (Lipinski definition) is 4. The Morgan fingerprint density at radius 1 is 1.60 bits per heavy atom. The Labute approximate surface area is 87.4 Å². The van der Waals surface area contributed by atoms with Gasteiger partial charge in [0.25, 0.3) is 0 Å². The van der Waals surface area contributed by atoms with E-state index in [0.717, 1.165) is 0 Å². The quantitative estimate of drug-likeness (QED) is 0.710. The SMILES string of the molecule is COC(=O)c1ccc2c(c1O)C[C@@H](C)O2. The third-order valence-corrected chi connectivity index (χ3v) is 2.46. The summed E-state index contributed by atoms with van der Waals surface area (Å²) in [6.45, 7) is 1.91. The summed E-state index contributed by atoms with van der Waals surface area (Å²) in [5, 5.41) is 9.85. The van der Waals surface area contributed by atoms with E-state index in [2.05, 4.69) is 4.74 Å². The fraction of sp³-hybridized carbons (Fsp3) is 0.364. The molecule has 0 radical (unpaired) electrons. The zero-order valence-electron chi connectivity index (χ0n) is 8.61. The van der Waals surface area contributed by atoms with Gasteiger partial charge in [-0.15, -0.1) is 0 Å². The maximum absolute atomic E-state index is 11.3. The van der Waals surface area contributed by atoms with Gasteiger partial charge in [0.05, 0.1) is 7.11 Å². The van der Waals surface area contributed by atoms with Gasteiger partial charge in [-0.05, 0) is 19.1 Å². The van der Waals surface area contributed by atoms with E-state index in [1.807, 2.05) is 6.92 Å². The molecule has 1 aliphatic heterocycles. The summed E-state index contributed by atoms with van der Waals surface area (Å²) in [6, 6.07) is 3.20. The fourth-order valence-corrected chi connectivity index (χ4v) is 1.75. The number of aromatic hydroxyl groups is 1. The molecule has 1 N–H and O–H groups in total. The van der Waals surface area contributed by atoms with Gasteiger partial charge >= 0.3 is 5.97 Å². The number of phenols is 1. The Balaban J connectivity index is 2.47. The zero-order chi connectivity index (χ0) is 11.0. The van der Waals surface area contributed by atoms with Crippen LogP contribution in [-0.4, -0.2) is 24.3 Å². The van der Waals surface area contributed by atoms with Crippen molar-refractivity contribution in [3.05, 3.63) is 23.3 Å². The monoisotopic (exact) mass is 208 g/mol. The number of esters is 1. The summed E-state index contributed by atoms with van der Waals surface area (Å²) >= 11 is 0. The van der Waals surface area contributed by atoms with E-state index in [1.54, 1.807) is 6.07 Å². The normalized spacial score (nSPS) is 18.1. The van der Waals surface area contributed by atoms with Crippen LogP contribution in [-0.2, 0) is 11.2 Å². The van der Waals surface area contributed by atoms with E-state index in [4.69, 9.17) is 4.74 Å². The first-order valence-corrected chi connectivity index (χ1v) is 4.73. The van der Waals surface area contributed by atoms with E-state index in [-0.39, 0.29) is 17.4 Å². The molecule has 0 aromatic heterocycles. The third kappa shape index (κ3) is 1.52. The molecular weight excluding hydrogens is 196 g/mol. The summed E-state index contributed by atoms with van der Waals surface area (Å²) in [5.74, 6) is 0.0891. The fourth-order valence-electron chi connectivity index (χ4n) is 1.75. The Morgan fingerprint density at radius 3 is 3.00 bits per heavy atom. The second-order valence-electron chi connectivity index (χ2n) is 3.56. The van der Waals surface area contributed by atoms with E-state index < -0.39 is 5.97 Å². The van der Waals surface area contributed by atoms with Gasteiger partial charge in [0, 0.05) is 12.0 Å². The second kappa shape index (κ2) is 3.46. The zero-order valence-corrected chi connectivity index (χ0v) is 8.61. The number of hydrogen-bond donors (Lipinski definition) is 1. The lowest BCUT2D eigenvalue weighted by molar-refractivity contribution is 0.0597. The van der Waals surface area contributed by atoms with Gasteiger partial charge < -0.3 is 14.6 Å². The summed E-state index contributed by atoms with van der Waals surface area (Å²) in [7, 11) is 1.29. The van der Waals surface area contributed by atoms with Crippen LogP contribution in [0.15, 0.2) is 12.1 Å². The first-order chi connectivity index (χ1) is 7.13. The molecule has 80 valence electrons. The molecule has 0 saturated carbocycles. The lowest BCUT2D eigenvalue weighted by Gasteiger charge is -2.06. The first-order valence-electron chi connectivity index (χ1n) is 4.73. The molecule has 4 heteroatoms. The number of rotatable bonds is 1. The maximum atomic E-state index is 11.3. The molecule has 0 amide bonds. The van der Waals surface area contributed by atoms with Gasteiger partial charge in [0.1, 0.15) is 23.2 Å². The van der Waals surface area contributed by atoms with E-state index >= 15 is 0 Å². The minimum Gasteiger partial charge on any atom is -0.507 e. The molecule has 15 heavy (non-hydrogen) atoms. The molecule has 2 rings (SSSR count). The van der Waals surface area contributed by atoms with Crippen molar-refractivity contribution in [3.63, 3.8) is 0 Å². The van der Waals surface area contributed by atoms with Crippen LogP contribution >= 0.6 is 0 Å². The lowest BCUT2D eigenvalue weighted by atomic mass is 10.1. The van der Waals surface area contributed by atoms with E-state index in [9.17, 15) is 9.90 Å². The molecule has 4 nitrogen and oxygen atoms in total. The van der Waals surface area contributed by atoms with E-state index in [0.29, 0.717) is 17.7 Å². The van der Waals surface area contributed by atoms with Gasteiger partial charge in [-0.1, -0.05) is 0 Å². The van der Waals surface area contributed by atoms with Crippen LogP contribution in [0.25, 0.3) is 0 Å². The van der Waals surface area contributed by atoms with Crippen LogP contribution in [0, 0.1) is 0 Å². The molecule has 0 unspecified atom stereocenters. The number of ether oxygens (including phenoxy) is 2. The molecule has 0 fully saturated rings. The minimum atomic E-state index is -0.533. The van der Waals surface area contributed by atoms with Crippen molar-refractivity contribution in [2.24, 2.45) is 0 Å². The number of phenolic OH excluding ortho intramolecular Hbond substituents is 1. The predicted octanol–water partition coefficient (Wildman–Crippen LogP) is 1.50. The van der Waals surface area contributed by atoms with Gasteiger partial charge in [0.15, 0.2) is 0 Å². The second-order valence-corrected chi connectivity index (χ2v) is 3.56. The molecular formula is C11H12O4. The van der Waals surface area contributed by atoms with Crippen molar-refractivity contribution >= 4 is 5.97 Å². The van der Waals surface area contributed by atoms with Gasteiger partial charge in [0.2, 0.25) is 0 Å².